The summed E-state index contributed by atoms with van der Waals surface area (Å²) in [5.74, 6) is 0.670. The Hall–Kier alpha value is -1.89. The molecule has 0 unspecified atom stereocenters. The van der Waals surface area contributed by atoms with Gasteiger partial charge in [-0.15, -0.1) is 11.3 Å². The summed E-state index contributed by atoms with van der Waals surface area (Å²) >= 11 is 1.58. The summed E-state index contributed by atoms with van der Waals surface area (Å²) < 4.78 is 0. The molecule has 1 amide bonds. The molecular formula is C11H15N5OS. The van der Waals surface area contributed by atoms with Crippen molar-refractivity contribution in [1.29, 1.82) is 0 Å². The fourth-order valence-corrected chi connectivity index (χ4v) is 2.55. The largest absolute Gasteiger partial charge is 0.370 e. The van der Waals surface area contributed by atoms with E-state index in [9.17, 15) is 4.79 Å². The second-order valence-electron chi connectivity index (χ2n) is 4.00. The maximum absolute atomic E-state index is 10.6. The minimum absolute atomic E-state index is 0.252. The minimum Gasteiger partial charge on any atom is -0.370 e. The first kappa shape index (κ1) is 12.6. The molecule has 18 heavy (non-hydrogen) atoms. The van der Waals surface area contributed by atoms with Crippen molar-refractivity contribution in [3.63, 3.8) is 0 Å². The molecule has 2 rings (SSSR count). The van der Waals surface area contributed by atoms with Gasteiger partial charge in [-0.25, -0.2) is 4.98 Å². The van der Waals surface area contributed by atoms with Gasteiger partial charge in [-0.05, 0) is 19.4 Å². The monoisotopic (exact) mass is 265 g/mol. The Bertz CT molecular complexity index is 580. The number of aromatic nitrogens is 2. The molecule has 0 aliphatic rings. The Labute approximate surface area is 108 Å². The number of carbonyl (C=O) groups is 1. The summed E-state index contributed by atoms with van der Waals surface area (Å²) in [6, 6.07) is 2.02. The smallest absolute Gasteiger partial charge is 0.223 e. The maximum atomic E-state index is 10.6. The van der Waals surface area contributed by atoms with Gasteiger partial charge in [-0.2, -0.15) is 4.98 Å². The first-order chi connectivity index (χ1) is 8.56. The summed E-state index contributed by atoms with van der Waals surface area (Å²) in [6.07, 6.45) is 1.03. The molecule has 0 aliphatic heterocycles. The number of rotatable bonds is 5. The van der Waals surface area contributed by atoms with Crippen LogP contribution < -0.4 is 16.8 Å². The number of hydrogen-bond donors (Lipinski definition) is 3. The zero-order valence-electron chi connectivity index (χ0n) is 10.1. The van der Waals surface area contributed by atoms with Crippen molar-refractivity contribution in [2.75, 3.05) is 17.6 Å². The van der Waals surface area contributed by atoms with Crippen LogP contribution in [0.2, 0.25) is 0 Å². The van der Waals surface area contributed by atoms with Crippen LogP contribution in [0.3, 0.4) is 0 Å². The second-order valence-corrected chi connectivity index (χ2v) is 5.24. The molecule has 6 nitrogen and oxygen atoms in total. The zero-order chi connectivity index (χ0) is 13.1. The first-order valence-corrected chi connectivity index (χ1v) is 6.44. The molecule has 0 bridgehead atoms. The molecule has 0 fully saturated rings. The van der Waals surface area contributed by atoms with Gasteiger partial charge in [0, 0.05) is 17.8 Å². The molecule has 0 saturated heterocycles. The van der Waals surface area contributed by atoms with Crippen molar-refractivity contribution < 1.29 is 4.79 Å². The van der Waals surface area contributed by atoms with E-state index in [4.69, 9.17) is 11.5 Å². The van der Waals surface area contributed by atoms with Crippen molar-refractivity contribution in [1.82, 2.24) is 9.97 Å². The third kappa shape index (κ3) is 2.86. The molecule has 96 valence electrons. The quantitative estimate of drug-likeness (QED) is 0.705. The molecule has 0 radical (unpaired) electrons. The van der Waals surface area contributed by atoms with Crippen LogP contribution in [0.1, 0.15) is 17.7 Å². The lowest BCUT2D eigenvalue weighted by molar-refractivity contribution is -0.118. The number of fused-ring (bicyclic) bond motifs is 1. The number of hydrogen-bond acceptors (Lipinski definition) is 6. The van der Waals surface area contributed by atoms with Gasteiger partial charge in [-0.3, -0.25) is 4.79 Å². The van der Waals surface area contributed by atoms with Gasteiger partial charge in [0.05, 0.1) is 5.39 Å². The Kier molecular flexibility index (Phi) is 3.61. The topological polar surface area (TPSA) is 107 Å². The van der Waals surface area contributed by atoms with Crippen LogP contribution in [0.5, 0.6) is 0 Å². The number of nitrogens with one attached hydrogen (secondary N) is 1. The van der Waals surface area contributed by atoms with Crippen molar-refractivity contribution in [2.24, 2.45) is 5.73 Å². The molecule has 0 aliphatic carbocycles. The molecule has 0 saturated carbocycles. The number of nitrogen functional groups attached to an aromatic ring is 1. The van der Waals surface area contributed by atoms with Crippen LogP contribution in [0.25, 0.3) is 10.2 Å². The Morgan fingerprint density at radius 3 is 3.00 bits per heavy atom. The normalized spacial score (nSPS) is 10.7. The van der Waals surface area contributed by atoms with Crippen LogP contribution in [0.15, 0.2) is 6.07 Å². The van der Waals surface area contributed by atoms with E-state index in [2.05, 4.69) is 15.3 Å². The van der Waals surface area contributed by atoms with Crippen molar-refractivity contribution in [2.45, 2.75) is 19.8 Å². The molecule has 0 aromatic carbocycles. The third-order valence-corrected chi connectivity index (χ3v) is 3.37. The van der Waals surface area contributed by atoms with Gasteiger partial charge in [0.2, 0.25) is 11.9 Å². The molecule has 2 heterocycles. The maximum Gasteiger partial charge on any atom is 0.223 e. The summed E-state index contributed by atoms with van der Waals surface area (Å²) in [5, 5.41) is 4.13. The Morgan fingerprint density at radius 1 is 1.50 bits per heavy atom. The van der Waals surface area contributed by atoms with E-state index < -0.39 is 0 Å². The van der Waals surface area contributed by atoms with Gasteiger partial charge < -0.3 is 16.8 Å². The van der Waals surface area contributed by atoms with Gasteiger partial charge in [0.1, 0.15) is 10.6 Å². The van der Waals surface area contributed by atoms with Crippen LogP contribution in [-0.2, 0) is 4.79 Å². The molecule has 2 aromatic heterocycles. The number of carbonyl (C=O) groups excluding carboxylic acids is 1. The SMILES string of the molecule is Cc1cc2c(NCCCC(N)=O)nc(N)nc2s1. The second kappa shape index (κ2) is 5.18. The molecular weight excluding hydrogens is 250 g/mol. The number of amides is 1. The predicted octanol–water partition coefficient (Wildman–Crippen LogP) is 1.26. The van der Waals surface area contributed by atoms with Crippen LogP contribution in [0.4, 0.5) is 11.8 Å². The van der Waals surface area contributed by atoms with E-state index in [1.165, 1.54) is 0 Å². The summed E-state index contributed by atoms with van der Waals surface area (Å²) in [6.45, 7) is 2.64. The van der Waals surface area contributed by atoms with Crippen molar-refractivity contribution >= 4 is 39.2 Å². The van der Waals surface area contributed by atoms with Crippen LogP contribution in [0, 0.1) is 6.92 Å². The lowest BCUT2D eigenvalue weighted by Crippen LogP contribution is -2.13. The molecule has 7 heteroatoms. The summed E-state index contributed by atoms with van der Waals surface area (Å²) in [4.78, 5) is 21.0. The average molecular weight is 265 g/mol. The van der Waals surface area contributed by atoms with Crippen molar-refractivity contribution in [3.05, 3.63) is 10.9 Å². The van der Waals surface area contributed by atoms with Gasteiger partial charge in [-0.1, -0.05) is 0 Å². The first-order valence-electron chi connectivity index (χ1n) is 5.62. The highest BCUT2D eigenvalue weighted by atomic mass is 32.1. The zero-order valence-corrected chi connectivity index (χ0v) is 10.9. The van der Waals surface area contributed by atoms with E-state index in [-0.39, 0.29) is 11.9 Å². The summed E-state index contributed by atoms with van der Waals surface area (Å²) in [7, 11) is 0. The number of anilines is 2. The molecule has 0 atom stereocenters. The van der Waals surface area contributed by atoms with Gasteiger partial charge in [0.15, 0.2) is 0 Å². The van der Waals surface area contributed by atoms with Crippen molar-refractivity contribution in [3.8, 4) is 0 Å². The van der Waals surface area contributed by atoms with E-state index in [1.807, 2.05) is 13.0 Å². The van der Waals surface area contributed by atoms with Crippen LogP contribution >= 0.6 is 11.3 Å². The highest BCUT2D eigenvalue weighted by Crippen LogP contribution is 2.28. The third-order valence-electron chi connectivity index (χ3n) is 2.43. The lowest BCUT2D eigenvalue weighted by atomic mass is 10.3. The Balaban J connectivity index is 2.14. The van der Waals surface area contributed by atoms with E-state index in [1.54, 1.807) is 11.3 Å². The highest BCUT2D eigenvalue weighted by Gasteiger charge is 2.08. The number of aryl methyl sites for hydroxylation is 1. The van der Waals surface area contributed by atoms with Crippen LogP contribution in [-0.4, -0.2) is 22.4 Å². The molecule has 5 N–H and O–H groups in total. The minimum atomic E-state index is -0.296. The fraction of sp³-hybridized carbons (Fsp3) is 0.364. The predicted molar refractivity (Wildman–Crippen MR) is 73.5 cm³/mol. The standard InChI is InChI=1S/C11H15N5OS/c1-6-5-7-9(14-4-2-3-8(12)17)15-11(13)16-10(7)18-6/h5H,2-4H2,1H3,(H2,12,17)(H3,13,14,15,16). The Morgan fingerprint density at radius 2 is 2.28 bits per heavy atom. The fourth-order valence-electron chi connectivity index (χ4n) is 1.66. The van der Waals surface area contributed by atoms with E-state index >= 15 is 0 Å². The molecule has 2 aromatic rings. The number of primary amides is 1. The lowest BCUT2D eigenvalue weighted by Gasteiger charge is -2.06. The number of nitrogens with zero attached hydrogens (tertiary/aromatic N) is 2. The van der Waals surface area contributed by atoms with E-state index in [0.29, 0.717) is 25.2 Å². The number of nitrogens with two attached hydrogens (primary N) is 2. The highest BCUT2D eigenvalue weighted by molar-refractivity contribution is 7.18. The number of thiophene rings is 1. The van der Waals surface area contributed by atoms with Gasteiger partial charge >= 0.3 is 0 Å². The molecule has 0 spiro atoms. The van der Waals surface area contributed by atoms with Gasteiger partial charge in [0.25, 0.3) is 0 Å². The summed E-state index contributed by atoms with van der Waals surface area (Å²) in [5.41, 5.74) is 10.7. The van der Waals surface area contributed by atoms with E-state index in [0.717, 1.165) is 15.1 Å². The average Bonchev–Trinajstić information content (AvgIpc) is 2.64.